The van der Waals surface area contributed by atoms with Crippen molar-refractivity contribution in [2.75, 3.05) is 4.57 Å². The van der Waals surface area contributed by atoms with Crippen LogP contribution in [0.2, 0.25) is 39.3 Å². The number of imidazole rings is 1. The molecule has 0 saturated carbocycles. The maximum atomic E-state index is 12.3. The van der Waals surface area contributed by atoms with E-state index < -0.39 is 16.3 Å². The molecule has 0 saturated heterocycles. The number of hydrogen-bond acceptors (Lipinski definition) is 4. The summed E-state index contributed by atoms with van der Waals surface area (Å²) in [6, 6.07) is 0. The van der Waals surface area contributed by atoms with Crippen LogP contribution in [0, 0.1) is 0 Å². The SMILES string of the molecule is CC(=O)N(c1nc2nc([Si](C)(C)C)[nH]c2c(=O)[nH]1)[Si](C)(C)C. The zero-order chi connectivity index (χ0) is 16.9. The molecular weight excluding hydrogens is 314 g/mol. The first kappa shape index (κ1) is 16.6. The molecule has 0 aliphatic heterocycles. The highest BCUT2D eigenvalue weighted by Crippen LogP contribution is 2.18. The quantitative estimate of drug-likeness (QED) is 0.827. The number of carbonyl (C=O) groups is 1. The molecule has 0 atom stereocenters. The summed E-state index contributed by atoms with van der Waals surface area (Å²) in [6.45, 7) is 14.0. The predicted molar refractivity (Wildman–Crippen MR) is 94.0 cm³/mol. The minimum Gasteiger partial charge on any atom is -0.340 e. The fourth-order valence-corrected chi connectivity index (χ4v) is 4.92. The van der Waals surface area contributed by atoms with Crippen molar-refractivity contribution in [1.82, 2.24) is 19.9 Å². The molecule has 22 heavy (non-hydrogen) atoms. The van der Waals surface area contributed by atoms with Gasteiger partial charge < -0.3 is 9.55 Å². The Morgan fingerprint density at radius 1 is 1.05 bits per heavy atom. The first-order valence-corrected chi connectivity index (χ1v) is 14.2. The topological polar surface area (TPSA) is 94.7 Å². The molecule has 2 N–H and O–H groups in total. The van der Waals surface area contributed by atoms with E-state index in [1.54, 1.807) is 4.57 Å². The minimum atomic E-state index is -2.01. The highest BCUT2D eigenvalue weighted by atomic mass is 28.3. The Bertz CT molecular complexity index is 782. The number of aromatic nitrogens is 4. The highest BCUT2D eigenvalue weighted by Gasteiger charge is 2.31. The van der Waals surface area contributed by atoms with Gasteiger partial charge in [-0.15, -0.1) is 0 Å². The Kier molecular flexibility index (Phi) is 3.90. The second-order valence-corrected chi connectivity index (χ2v) is 17.2. The number of carbonyl (C=O) groups excluding carboxylic acids is 1. The summed E-state index contributed by atoms with van der Waals surface area (Å²) in [7, 11) is -3.68. The van der Waals surface area contributed by atoms with E-state index in [4.69, 9.17) is 0 Å². The number of aromatic amines is 2. The van der Waals surface area contributed by atoms with Crippen LogP contribution in [-0.2, 0) is 4.79 Å². The van der Waals surface area contributed by atoms with Crippen molar-refractivity contribution in [2.24, 2.45) is 0 Å². The Morgan fingerprint density at radius 3 is 2.09 bits per heavy atom. The van der Waals surface area contributed by atoms with Crippen LogP contribution in [0.5, 0.6) is 0 Å². The molecule has 7 nitrogen and oxygen atoms in total. The summed E-state index contributed by atoms with van der Waals surface area (Å²) in [5.41, 5.74) is 1.29. The Hall–Kier alpha value is -1.75. The van der Waals surface area contributed by atoms with Crippen LogP contribution in [-0.4, -0.2) is 42.2 Å². The van der Waals surface area contributed by atoms with Crippen LogP contribution in [0.15, 0.2) is 4.79 Å². The van der Waals surface area contributed by atoms with Gasteiger partial charge in [0.1, 0.15) is 8.07 Å². The second kappa shape index (κ2) is 5.16. The lowest BCUT2D eigenvalue weighted by atomic mass is 10.5. The molecule has 0 spiro atoms. The number of fused-ring (bicyclic) bond motifs is 1. The fourth-order valence-electron chi connectivity index (χ4n) is 2.30. The van der Waals surface area contributed by atoms with E-state index in [1.807, 2.05) is 19.6 Å². The van der Waals surface area contributed by atoms with Gasteiger partial charge >= 0.3 is 0 Å². The van der Waals surface area contributed by atoms with E-state index in [1.165, 1.54) is 6.92 Å². The van der Waals surface area contributed by atoms with Crippen LogP contribution < -0.4 is 15.6 Å². The van der Waals surface area contributed by atoms with Crippen LogP contribution >= 0.6 is 0 Å². The van der Waals surface area contributed by atoms with E-state index in [-0.39, 0.29) is 17.4 Å². The summed E-state index contributed by atoms with van der Waals surface area (Å²) in [6.07, 6.45) is 0. The third kappa shape index (κ3) is 3.04. The predicted octanol–water partition coefficient (Wildman–Crippen LogP) is 1.38. The lowest BCUT2D eigenvalue weighted by Crippen LogP contribution is -2.50. The van der Waals surface area contributed by atoms with Crippen LogP contribution in [0.3, 0.4) is 0 Å². The molecule has 2 aromatic heterocycles. The molecule has 0 aliphatic rings. The summed E-state index contributed by atoms with van der Waals surface area (Å²) in [4.78, 5) is 39.0. The van der Waals surface area contributed by atoms with Crippen LogP contribution in [0.1, 0.15) is 6.92 Å². The Morgan fingerprint density at radius 2 is 1.64 bits per heavy atom. The van der Waals surface area contributed by atoms with Gasteiger partial charge in [-0.25, -0.2) is 4.98 Å². The molecular formula is C13H23N5O2Si2. The van der Waals surface area contributed by atoms with Crippen molar-refractivity contribution in [3.05, 3.63) is 10.4 Å². The molecule has 0 aliphatic carbocycles. The maximum absolute atomic E-state index is 12.3. The van der Waals surface area contributed by atoms with Crippen LogP contribution in [0.25, 0.3) is 11.2 Å². The smallest absolute Gasteiger partial charge is 0.278 e. The molecule has 120 valence electrons. The molecule has 0 aromatic carbocycles. The van der Waals surface area contributed by atoms with Crippen molar-refractivity contribution in [1.29, 1.82) is 0 Å². The highest BCUT2D eigenvalue weighted by molar-refractivity contribution is 6.87. The van der Waals surface area contributed by atoms with Gasteiger partial charge in [0.2, 0.25) is 11.9 Å². The van der Waals surface area contributed by atoms with Crippen molar-refractivity contribution in [2.45, 2.75) is 46.2 Å². The van der Waals surface area contributed by atoms with E-state index >= 15 is 0 Å². The summed E-state index contributed by atoms with van der Waals surface area (Å²) in [5, 5.41) is 0. The minimum absolute atomic E-state index is 0.123. The third-order valence-corrected chi connectivity index (χ3v) is 6.78. The van der Waals surface area contributed by atoms with Gasteiger partial charge in [0.05, 0.1) is 5.45 Å². The third-order valence-electron chi connectivity index (χ3n) is 3.26. The largest absolute Gasteiger partial charge is 0.340 e. The number of nitrogens with one attached hydrogen (secondary N) is 2. The first-order valence-electron chi connectivity index (χ1n) is 7.22. The van der Waals surface area contributed by atoms with Gasteiger partial charge in [-0.2, -0.15) is 4.98 Å². The molecule has 0 bridgehead atoms. The zero-order valence-corrected chi connectivity index (χ0v) is 16.2. The van der Waals surface area contributed by atoms with Gasteiger partial charge in [-0.1, -0.05) is 39.3 Å². The number of rotatable bonds is 3. The summed E-state index contributed by atoms with van der Waals surface area (Å²) in [5.74, 6) is 0.167. The number of H-pyrrole nitrogens is 2. The second-order valence-electron chi connectivity index (χ2n) is 7.45. The molecule has 2 aromatic rings. The standard InChI is InChI=1S/C13H23N5O2Si2/c1-8(19)18(22(5,6)7)12-15-10-9(11(20)17-12)14-13(16-10)21(2,3)4/h1-7H3,(H2,14,15,16,17,20). The fraction of sp³-hybridized carbons (Fsp3) is 0.538. The summed E-state index contributed by atoms with van der Waals surface area (Å²) >= 11 is 0. The van der Waals surface area contributed by atoms with Crippen LogP contribution in [0.4, 0.5) is 5.95 Å². The van der Waals surface area contributed by atoms with Crippen molar-refractivity contribution < 1.29 is 4.79 Å². The van der Waals surface area contributed by atoms with Crippen molar-refractivity contribution >= 4 is 44.8 Å². The normalized spacial score (nSPS) is 12.7. The number of nitrogens with zero attached hydrogens (tertiary/aromatic N) is 3. The van der Waals surface area contributed by atoms with Gasteiger partial charge in [0.25, 0.3) is 5.56 Å². The number of hydrogen-bond donors (Lipinski definition) is 2. The average Bonchev–Trinajstić information content (AvgIpc) is 2.70. The van der Waals surface area contributed by atoms with E-state index in [0.29, 0.717) is 11.2 Å². The molecule has 0 radical (unpaired) electrons. The first-order chi connectivity index (χ1) is 9.91. The lowest BCUT2D eigenvalue weighted by molar-refractivity contribution is -0.115. The molecule has 2 rings (SSSR count). The zero-order valence-electron chi connectivity index (χ0n) is 14.2. The number of amides is 1. The maximum Gasteiger partial charge on any atom is 0.278 e. The van der Waals surface area contributed by atoms with Gasteiger partial charge in [0, 0.05) is 6.92 Å². The molecule has 0 unspecified atom stereocenters. The molecule has 2 heterocycles. The summed E-state index contributed by atoms with van der Waals surface area (Å²) < 4.78 is 1.61. The van der Waals surface area contributed by atoms with Gasteiger partial charge in [-0.3, -0.25) is 14.6 Å². The number of anilines is 1. The average molecular weight is 338 g/mol. The monoisotopic (exact) mass is 337 g/mol. The van der Waals surface area contributed by atoms with Gasteiger partial charge in [0.15, 0.2) is 19.4 Å². The molecule has 1 amide bonds. The molecule has 9 heteroatoms. The van der Waals surface area contributed by atoms with Crippen molar-refractivity contribution in [3.63, 3.8) is 0 Å². The van der Waals surface area contributed by atoms with E-state index in [9.17, 15) is 9.59 Å². The van der Waals surface area contributed by atoms with Gasteiger partial charge in [-0.05, 0) is 0 Å². The van der Waals surface area contributed by atoms with Crippen molar-refractivity contribution in [3.8, 4) is 0 Å². The molecule has 0 fully saturated rings. The Balaban J connectivity index is 2.68. The Labute approximate surface area is 131 Å². The van der Waals surface area contributed by atoms with E-state index in [2.05, 4.69) is 39.6 Å². The lowest BCUT2D eigenvalue weighted by Gasteiger charge is -2.31. The van der Waals surface area contributed by atoms with E-state index in [0.717, 1.165) is 5.45 Å².